The Morgan fingerprint density at radius 2 is 1.78 bits per heavy atom. The van der Waals surface area contributed by atoms with Crippen molar-refractivity contribution < 1.29 is 9.90 Å². The van der Waals surface area contributed by atoms with Crippen molar-refractivity contribution in [2.24, 2.45) is 0 Å². The molecule has 4 heteroatoms. The van der Waals surface area contributed by atoms with Crippen LogP contribution in [0.4, 0.5) is 0 Å². The maximum Gasteiger partial charge on any atom is 0.335 e. The molecule has 0 amide bonds. The van der Waals surface area contributed by atoms with Gasteiger partial charge in [0.15, 0.2) is 0 Å². The summed E-state index contributed by atoms with van der Waals surface area (Å²) in [5.41, 5.74) is 2.76. The predicted octanol–water partition coefficient (Wildman–Crippen LogP) is 4.67. The fourth-order valence-corrected chi connectivity index (χ4v) is 2.06. The number of benzene rings is 2. The molecular formula is C14H10Cl2O2. The van der Waals surface area contributed by atoms with Crippen LogP contribution in [-0.4, -0.2) is 11.1 Å². The van der Waals surface area contributed by atoms with E-state index in [4.69, 9.17) is 28.3 Å². The van der Waals surface area contributed by atoms with E-state index in [1.807, 2.05) is 19.1 Å². The van der Waals surface area contributed by atoms with E-state index in [1.54, 1.807) is 18.2 Å². The van der Waals surface area contributed by atoms with Crippen molar-refractivity contribution in [2.75, 3.05) is 0 Å². The highest BCUT2D eigenvalue weighted by Crippen LogP contribution is 2.28. The predicted molar refractivity (Wildman–Crippen MR) is 73.6 cm³/mol. The molecule has 0 saturated heterocycles. The molecule has 0 saturated carbocycles. The van der Waals surface area contributed by atoms with Gasteiger partial charge in [-0.1, -0.05) is 29.3 Å². The second-order valence-corrected chi connectivity index (χ2v) is 4.84. The van der Waals surface area contributed by atoms with E-state index in [9.17, 15) is 4.79 Å². The summed E-state index contributed by atoms with van der Waals surface area (Å²) in [5.74, 6) is -0.996. The van der Waals surface area contributed by atoms with Crippen LogP contribution in [0.2, 0.25) is 10.0 Å². The summed E-state index contributed by atoms with van der Waals surface area (Å²) in [6.07, 6.45) is 0. The van der Waals surface area contributed by atoms with E-state index in [-0.39, 0.29) is 5.56 Å². The molecule has 0 bridgehead atoms. The number of carboxylic acids is 1. The maximum absolute atomic E-state index is 11.0. The second-order valence-electron chi connectivity index (χ2n) is 4.00. The summed E-state index contributed by atoms with van der Waals surface area (Å²) in [6.45, 7) is 1.90. The molecule has 2 rings (SSSR count). The molecule has 2 aromatic carbocycles. The maximum atomic E-state index is 11.0. The number of carboxylic acid groups (broad SMARTS) is 1. The average Bonchev–Trinajstić information content (AvgIpc) is 2.31. The van der Waals surface area contributed by atoms with Gasteiger partial charge in [0.2, 0.25) is 0 Å². The number of halogens is 2. The first-order valence-electron chi connectivity index (χ1n) is 5.28. The Hall–Kier alpha value is -1.51. The van der Waals surface area contributed by atoms with Crippen LogP contribution < -0.4 is 0 Å². The molecule has 0 spiro atoms. The summed E-state index contributed by atoms with van der Waals surface area (Å²) >= 11 is 11.9. The number of aryl methyl sites for hydroxylation is 1. The lowest BCUT2D eigenvalue weighted by Crippen LogP contribution is -1.96. The molecule has 18 heavy (non-hydrogen) atoms. The van der Waals surface area contributed by atoms with Crippen molar-refractivity contribution >= 4 is 29.2 Å². The van der Waals surface area contributed by atoms with Gasteiger partial charge in [0, 0.05) is 10.0 Å². The van der Waals surface area contributed by atoms with Gasteiger partial charge in [-0.15, -0.1) is 0 Å². The number of hydrogen-bond acceptors (Lipinski definition) is 1. The first kappa shape index (κ1) is 12.9. The quantitative estimate of drug-likeness (QED) is 0.868. The van der Waals surface area contributed by atoms with Crippen molar-refractivity contribution in [3.8, 4) is 11.1 Å². The monoisotopic (exact) mass is 280 g/mol. The largest absolute Gasteiger partial charge is 0.478 e. The lowest BCUT2D eigenvalue weighted by molar-refractivity contribution is 0.0697. The van der Waals surface area contributed by atoms with Crippen LogP contribution in [-0.2, 0) is 0 Å². The Morgan fingerprint density at radius 1 is 1.06 bits per heavy atom. The van der Waals surface area contributed by atoms with Crippen molar-refractivity contribution in [1.29, 1.82) is 0 Å². The highest BCUT2D eigenvalue weighted by Gasteiger charge is 2.08. The standard InChI is InChI=1S/C14H10Cl2O2/c1-8-4-9(2-3-13(8)16)10-5-11(14(17)18)7-12(15)6-10/h2-7H,1H3,(H,17,18). The van der Waals surface area contributed by atoms with Crippen LogP contribution in [0.1, 0.15) is 15.9 Å². The van der Waals surface area contributed by atoms with Crippen molar-refractivity contribution in [1.82, 2.24) is 0 Å². The molecular weight excluding hydrogens is 271 g/mol. The van der Waals surface area contributed by atoms with Crippen LogP contribution in [0, 0.1) is 6.92 Å². The molecule has 0 aliphatic rings. The number of aromatic carboxylic acids is 1. The van der Waals surface area contributed by atoms with E-state index in [0.29, 0.717) is 10.0 Å². The summed E-state index contributed by atoms with van der Waals surface area (Å²) in [7, 11) is 0. The number of carbonyl (C=O) groups is 1. The molecule has 0 aliphatic carbocycles. The first-order chi connectivity index (χ1) is 8.47. The highest BCUT2D eigenvalue weighted by molar-refractivity contribution is 6.31. The van der Waals surface area contributed by atoms with E-state index in [2.05, 4.69) is 0 Å². The van der Waals surface area contributed by atoms with Crippen molar-refractivity contribution in [3.05, 3.63) is 57.6 Å². The first-order valence-corrected chi connectivity index (χ1v) is 6.03. The Morgan fingerprint density at radius 3 is 2.39 bits per heavy atom. The molecule has 0 unspecified atom stereocenters. The minimum atomic E-state index is -0.996. The molecule has 0 radical (unpaired) electrons. The van der Waals surface area contributed by atoms with Gasteiger partial charge in [0.25, 0.3) is 0 Å². The van der Waals surface area contributed by atoms with Gasteiger partial charge in [-0.2, -0.15) is 0 Å². The van der Waals surface area contributed by atoms with Gasteiger partial charge >= 0.3 is 5.97 Å². The topological polar surface area (TPSA) is 37.3 Å². The Bertz CT molecular complexity index is 621. The summed E-state index contributed by atoms with van der Waals surface area (Å²) in [5, 5.41) is 10.1. The fourth-order valence-electron chi connectivity index (χ4n) is 1.70. The third kappa shape index (κ3) is 2.66. The van der Waals surface area contributed by atoms with Gasteiger partial charge in [0.1, 0.15) is 0 Å². The lowest BCUT2D eigenvalue weighted by Gasteiger charge is -2.06. The normalized spacial score (nSPS) is 10.4. The molecule has 0 aromatic heterocycles. The zero-order valence-electron chi connectivity index (χ0n) is 9.58. The van der Waals surface area contributed by atoms with Crippen LogP contribution in [0.3, 0.4) is 0 Å². The van der Waals surface area contributed by atoms with Crippen LogP contribution >= 0.6 is 23.2 Å². The van der Waals surface area contributed by atoms with E-state index >= 15 is 0 Å². The average molecular weight is 281 g/mol. The lowest BCUT2D eigenvalue weighted by atomic mass is 10.0. The molecule has 2 aromatic rings. The minimum Gasteiger partial charge on any atom is -0.478 e. The van der Waals surface area contributed by atoms with Gasteiger partial charge in [-0.3, -0.25) is 0 Å². The smallest absolute Gasteiger partial charge is 0.335 e. The van der Waals surface area contributed by atoms with Crippen LogP contribution in [0.25, 0.3) is 11.1 Å². The molecule has 0 atom stereocenters. The van der Waals surface area contributed by atoms with Crippen LogP contribution in [0.15, 0.2) is 36.4 Å². The minimum absolute atomic E-state index is 0.171. The molecule has 92 valence electrons. The van der Waals surface area contributed by atoms with Crippen LogP contribution in [0.5, 0.6) is 0 Å². The zero-order valence-corrected chi connectivity index (χ0v) is 11.1. The van der Waals surface area contributed by atoms with E-state index < -0.39 is 5.97 Å². The summed E-state index contributed by atoms with van der Waals surface area (Å²) in [6, 6.07) is 10.3. The van der Waals surface area contributed by atoms with E-state index in [1.165, 1.54) is 6.07 Å². The summed E-state index contributed by atoms with van der Waals surface area (Å²) in [4.78, 5) is 11.0. The Labute approximate surface area is 115 Å². The summed E-state index contributed by atoms with van der Waals surface area (Å²) < 4.78 is 0. The third-order valence-corrected chi connectivity index (χ3v) is 3.28. The molecule has 0 aliphatic heterocycles. The van der Waals surface area contributed by atoms with Gasteiger partial charge < -0.3 is 5.11 Å². The highest BCUT2D eigenvalue weighted by atomic mass is 35.5. The third-order valence-electron chi connectivity index (χ3n) is 2.64. The van der Waals surface area contributed by atoms with Gasteiger partial charge in [-0.25, -0.2) is 4.79 Å². The van der Waals surface area contributed by atoms with Gasteiger partial charge in [-0.05, 0) is 53.9 Å². The second kappa shape index (κ2) is 5.01. The Balaban J connectivity index is 2.56. The van der Waals surface area contributed by atoms with Gasteiger partial charge in [0.05, 0.1) is 5.56 Å². The molecule has 0 fully saturated rings. The Kier molecular flexibility index (Phi) is 3.60. The molecule has 0 heterocycles. The van der Waals surface area contributed by atoms with Crippen molar-refractivity contribution in [3.63, 3.8) is 0 Å². The fraction of sp³-hybridized carbons (Fsp3) is 0.0714. The number of rotatable bonds is 2. The number of hydrogen-bond donors (Lipinski definition) is 1. The molecule has 1 N–H and O–H groups in total. The zero-order chi connectivity index (χ0) is 13.3. The SMILES string of the molecule is Cc1cc(-c2cc(Cl)cc(C(=O)O)c2)ccc1Cl. The van der Waals surface area contributed by atoms with Crippen molar-refractivity contribution in [2.45, 2.75) is 6.92 Å². The molecule has 2 nitrogen and oxygen atoms in total. The van der Waals surface area contributed by atoms with E-state index in [0.717, 1.165) is 16.7 Å².